The Morgan fingerprint density at radius 2 is 1.88 bits per heavy atom. The molecule has 1 aromatic heterocycles. The summed E-state index contributed by atoms with van der Waals surface area (Å²) in [4.78, 5) is 12.1. The van der Waals surface area contributed by atoms with Crippen LogP contribution in [0.1, 0.15) is 44.2 Å². The molecule has 2 aliphatic rings. The van der Waals surface area contributed by atoms with E-state index < -0.39 is 0 Å². The minimum atomic E-state index is -0.210. The highest BCUT2D eigenvalue weighted by atomic mass is 35.5. The number of piperazine rings is 1. The quantitative estimate of drug-likeness (QED) is 0.530. The van der Waals surface area contributed by atoms with Crippen molar-refractivity contribution in [3.63, 3.8) is 0 Å². The van der Waals surface area contributed by atoms with Crippen molar-refractivity contribution >= 4 is 29.0 Å². The Morgan fingerprint density at radius 3 is 2.56 bits per heavy atom. The number of hydrogen-bond acceptors (Lipinski definition) is 5. The molecule has 0 saturated carbocycles. The monoisotopic (exact) mass is 507 g/mol. The van der Waals surface area contributed by atoms with Crippen LogP contribution < -0.4 is 10.2 Å². The topological polar surface area (TPSA) is 34.6 Å². The molecule has 1 N–H and O–H groups in total. The molecule has 0 amide bonds. The van der Waals surface area contributed by atoms with Crippen molar-refractivity contribution in [1.82, 2.24) is 20.1 Å². The Bertz CT molecular complexity index is 951. The second-order valence-electron chi connectivity index (χ2n) is 9.42. The van der Waals surface area contributed by atoms with E-state index in [0.29, 0.717) is 23.7 Å². The maximum Gasteiger partial charge on any atom is 0.147 e. The number of nitrogens with zero attached hydrogens (tertiary/aromatic N) is 4. The van der Waals surface area contributed by atoms with E-state index in [0.717, 1.165) is 87.0 Å². The predicted molar refractivity (Wildman–Crippen MR) is 139 cm³/mol. The van der Waals surface area contributed by atoms with E-state index in [1.54, 1.807) is 6.07 Å². The SMILES string of the molecule is CCNCc1cnc(N2CCN(C3CCN(Cc4ccc(Cl)cc4F)CC3)[C@@H](CC)C2)c(Cl)c1. The molecule has 0 aliphatic carbocycles. The summed E-state index contributed by atoms with van der Waals surface area (Å²) in [5.74, 6) is 0.693. The van der Waals surface area contributed by atoms with Crippen LogP contribution in [-0.4, -0.2) is 66.1 Å². The summed E-state index contributed by atoms with van der Waals surface area (Å²) in [6, 6.07) is 8.09. The number of hydrogen-bond donors (Lipinski definition) is 1. The zero-order valence-electron chi connectivity index (χ0n) is 20.2. The molecule has 0 bridgehead atoms. The molecule has 34 heavy (non-hydrogen) atoms. The van der Waals surface area contributed by atoms with Gasteiger partial charge in [0, 0.05) is 61.6 Å². The van der Waals surface area contributed by atoms with Crippen molar-refractivity contribution in [3.05, 3.63) is 57.5 Å². The van der Waals surface area contributed by atoms with Crippen LogP contribution in [0.2, 0.25) is 10.0 Å². The summed E-state index contributed by atoms with van der Waals surface area (Å²) in [5, 5.41) is 4.51. The zero-order chi connectivity index (χ0) is 24.1. The normalized spacial score (nSPS) is 20.7. The van der Waals surface area contributed by atoms with Gasteiger partial charge in [-0.2, -0.15) is 0 Å². The van der Waals surface area contributed by atoms with Gasteiger partial charge in [-0.1, -0.05) is 43.1 Å². The smallest absolute Gasteiger partial charge is 0.147 e. The van der Waals surface area contributed by atoms with Gasteiger partial charge in [-0.3, -0.25) is 9.80 Å². The van der Waals surface area contributed by atoms with Gasteiger partial charge in [0.15, 0.2) is 0 Å². The maximum atomic E-state index is 14.2. The first kappa shape index (κ1) is 25.6. The Hall–Kier alpha value is -1.44. The predicted octanol–water partition coefficient (Wildman–Crippen LogP) is 5.20. The first-order chi connectivity index (χ1) is 16.5. The molecule has 2 fully saturated rings. The Morgan fingerprint density at radius 1 is 1.09 bits per heavy atom. The van der Waals surface area contributed by atoms with Gasteiger partial charge in [0.2, 0.25) is 0 Å². The summed E-state index contributed by atoms with van der Waals surface area (Å²) in [7, 11) is 0. The van der Waals surface area contributed by atoms with Crippen LogP contribution in [0.3, 0.4) is 0 Å². The number of anilines is 1. The van der Waals surface area contributed by atoms with Gasteiger partial charge in [-0.05, 0) is 62.7 Å². The lowest BCUT2D eigenvalue weighted by atomic mass is 9.97. The molecule has 5 nitrogen and oxygen atoms in total. The minimum Gasteiger partial charge on any atom is -0.353 e. The molecular weight excluding hydrogens is 472 g/mol. The fourth-order valence-corrected chi connectivity index (χ4v) is 5.74. The van der Waals surface area contributed by atoms with Gasteiger partial charge < -0.3 is 10.2 Å². The van der Waals surface area contributed by atoms with Crippen LogP contribution in [0.5, 0.6) is 0 Å². The van der Waals surface area contributed by atoms with E-state index in [4.69, 9.17) is 28.2 Å². The second kappa shape index (κ2) is 12.0. The number of halogens is 3. The molecule has 0 spiro atoms. The summed E-state index contributed by atoms with van der Waals surface area (Å²) in [6.45, 7) is 11.6. The van der Waals surface area contributed by atoms with Crippen molar-refractivity contribution in [3.8, 4) is 0 Å². The van der Waals surface area contributed by atoms with Crippen molar-refractivity contribution in [2.75, 3.05) is 44.2 Å². The highest BCUT2D eigenvalue weighted by molar-refractivity contribution is 6.33. The molecule has 4 rings (SSSR count). The van der Waals surface area contributed by atoms with Crippen molar-refractivity contribution in [2.24, 2.45) is 0 Å². The second-order valence-corrected chi connectivity index (χ2v) is 10.3. The van der Waals surface area contributed by atoms with Crippen LogP contribution in [-0.2, 0) is 13.1 Å². The van der Waals surface area contributed by atoms with E-state index in [-0.39, 0.29) is 5.82 Å². The third-order valence-electron chi connectivity index (χ3n) is 7.19. The highest BCUT2D eigenvalue weighted by Gasteiger charge is 2.34. The van der Waals surface area contributed by atoms with Gasteiger partial charge in [0.25, 0.3) is 0 Å². The first-order valence-electron chi connectivity index (χ1n) is 12.5. The van der Waals surface area contributed by atoms with Crippen LogP contribution in [0.15, 0.2) is 30.5 Å². The van der Waals surface area contributed by atoms with Crippen LogP contribution in [0.4, 0.5) is 10.2 Å². The molecule has 0 radical (unpaired) electrons. The summed E-state index contributed by atoms with van der Waals surface area (Å²) in [6.07, 6.45) is 5.27. The third-order valence-corrected chi connectivity index (χ3v) is 7.70. The first-order valence-corrected chi connectivity index (χ1v) is 13.3. The van der Waals surface area contributed by atoms with Crippen molar-refractivity contribution < 1.29 is 4.39 Å². The van der Waals surface area contributed by atoms with E-state index >= 15 is 0 Å². The van der Waals surface area contributed by atoms with Crippen molar-refractivity contribution in [2.45, 2.75) is 58.3 Å². The van der Waals surface area contributed by atoms with Gasteiger partial charge in [0.1, 0.15) is 11.6 Å². The largest absolute Gasteiger partial charge is 0.353 e. The Balaban J connectivity index is 1.32. The number of aromatic nitrogens is 1. The number of piperidine rings is 1. The molecule has 0 unspecified atom stereocenters. The average Bonchev–Trinajstić information content (AvgIpc) is 2.84. The molecule has 2 aromatic rings. The van der Waals surface area contributed by atoms with Gasteiger partial charge in [-0.15, -0.1) is 0 Å². The number of benzene rings is 1. The van der Waals surface area contributed by atoms with Gasteiger partial charge in [-0.25, -0.2) is 9.37 Å². The van der Waals surface area contributed by atoms with E-state index in [1.807, 2.05) is 18.3 Å². The lowest BCUT2D eigenvalue weighted by molar-refractivity contribution is 0.0607. The van der Waals surface area contributed by atoms with E-state index in [1.165, 1.54) is 6.07 Å². The molecule has 8 heteroatoms. The van der Waals surface area contributed by atoms with E-state index in [9.17, 15) is 4.39 Å². The lowest BCUT2D eigenvalue weighted by Crippen LogP contribution is -2.58. The molecular formula is C26H36Cl2FN5. The Kier molecular flexibility index (Phi) is 9.05. The summed E-state index contributed by atoms with van der Waals surface area (Å²) in [5.41, 5.74) is 1.84. The number of likely N-dealkylation sites (tertiary alicyclic amines) is 1. The van der Waals surface area contributed by atoms with Crippen LogP contribution in [0.25, 0.3) is 0 Å². The van der Waals surface area contributed by atoms with Gasteiger partial charge in [0.05, 0.1) is 5.02 Å². The summed E-state index contributed by atoms with van der Waals surface area (Å²) < 4.78 is 14.2. The van der Waals surface area contributed by atoms with Crippen molar-refractivity contribution in [1.29, 1.82) is 0 Å². The summed E-state index contributed by atoms with van der Waals surface area (Å²) >= 11 is 12.5. The third kappa shape index (κ3) is 6.21. The molecule has 2 aliphatic heterocycles. The molecule has 1 atom stereocenters. The maximum absolute atomic E-state index is 14.2. The molecule has 3 heterocycles. The number of pyridine rings is 1. The standard InChI is InChI=1S/C26H36Cl2FN5/c1-3-22-18-33(26-24(28)13-19(16-31-26)15-30-4-2)11-12-34(22)23-7-9-32(10-8-23)17-20-5-6-21(27)14-25(20)29/h5-6,13-14,16,22-23,30H,3-4,7-12,15,17-18H2,1-2H3/t22-/m0/s1. The van der Waals surface area contributed by atoms with E-state index in [2.05, 4.69) is 33.9 Å². The van der Waals surface area contributed by atoms with Gasteiger partial charge >= 0.3 is 0 Å². The molecule has 2 saturated heterocycles. The fraction of sp³-hybridized carbons (Fsp3) is 0.577. The van der Waals surface area contributed by atoms with Crippen LogP contribution >= 0.6 is 23.2 Å². The Labute approximate surface area is 213 Å². The highest BCUT2D eigenvalue weighted by Crippen LogP contribution is 2.30. The minimum absolute atomic E-state index is 0.210. The zero-order valence-corrected chi connectivity index (χ0v) is 21.8. The number of rotatable bonds is 8. The fourth-order valence-electron chi connectivity index (χ4n) is 5.27. The number of nitrogens with one attached hydrogen (secondary N) is 1. The molecule has 1 aromatic carbocycles. The molecule has 186 valence electrons. The lowest BCUT2D eigenvalue weighted by Gasteiger charge is -2.47. The average molecular weight is 509 g/mol. The van der Waals surface area contributed by atoms with Crippen LogP contribution in [0, 0.1) is 5.82 Å².